The summed E-state index contributed by atoms with van der Waals surface area (Å²) in [6.45, 7) is 2.57. The van der Waals surface area contributed by atoms with E-state index in [0.717, 1.165) is 18.6 Å². The molecule has 0 spiro atoms. The van der Waals surface area contributed by atoms with E-state index in [1.165, 1.54) is 27.9 Å². The molecule has 19 heavy (non-hydrogen) atoms. The Kier molecular flexibility index (Phi) is 2.39. The van der Waals surface area contributed by atoms with Crippen molar-refractivity contribution in [3.8, 4) is 0 Å². The van der Waals surface area contributed by atoms with Crippen molar-refractivity contribution in [2.75, 3.05) is 6.79 Å². The van der Waals surface area contributed by atoms with Crippen molar-refractivity contribution in [1.82, 2.24) is 0 Å². The average molecular weight is 252 g/mol. The third-order valence-corrected chi connectivity index (χ3v) is 4.11. The van der Waals surface area contributed by atoms with Gasteiger partial charge in [0.2, 0.25) is 0 Å². The molecule has 1 saturated heterocycles. The Hall–Kier alpha value is -1.80. The van der Waals surface area contributed by atoms with Gasteiger partial charge in [0, 0.05) is 0 Å². The van der Waals surface area contributed by atoms with Crippen molar-refractivity contribution in [1.29, 1.82) is 0 Å². The standard InChI is InChI=1S/C17H16O2/c1-11-6-13-8-16-17(19-10-18-16)9-15(13)14(11)7-12-4-2-3-5-12/h2-4,6,8-9,17H,5,7,10H2,1H3. The number of hydrogen-bond acceptors (Lipinski definition) is 2. The van der Waals surface area contributed by atoms with Crippen LogP contribution in [0.4, 0.5) is 0 Å². The van der Waals surface area contributed by atoms with Crippen LogP contribution in [0.15, 0.2) is 70.1 Å². The molecule has 1 unspecified atom stereocenters. The fourth-order valence-corrected chi connectivity index (χ4v) is 3.08. The van der Waals surface area contributed by atoms with Crippen LogP contribution in [0.3, 0.4) is 0 Å². The molecule has 96 valence electrons. The molecular formula is C17H16O2. The predicted molar refractivity (Wildman–Crippen MR) is 74.2 cm³/mol. The van der Waals surface area contributed by atoms with Crippen LogP contribution in [0.1, 0.15) is 19.8 Å². The van der Waals surface area contributed by atoms with Crippen LogP contribution in [-0.4, -0.2) is 12.9 Å². The third-order valence-electron chi connectivity index (χ3n) is 4.11. The highest BCUT2D eigenvalue weighted by atomic mass is 16.7. The minimum absolute atomic E-state index is 0.0173. The molecule has 0 amide bonds. The van der Waals surface area contributed by atoms with Gasteiger partial charge in [0.1, 0.15) is 11.9 Å². The summed E-state index contributed by atoms with van der Waals surface area (Å²) in [4.78, 5) is 0. The lowest BCUT2D eigenvalue weighted by atomic mass is 9.91. The maximum Gasteiger partial charge on any atom is 0.189 e. The zero-order valence-electron chi connectivity index (χ0n) is 11.0. The highest BCUT2D eigenvalue weighted by Gasteiger charge is 2.30. The second-order valence-electron chi connectivity index (χ2n) is 5.37. The molecule has 3 aliphatic carbocycles. The van der Waals surface area contributed by atoms with Gasteiger partial charge in [-0.2, -0.15) is 0 Å². The molecule has 0 aromatic rings. The first kappa shape index (κ1) is 11.1. The van der Waals surface area contributed by atoms with Crippen LogP contribution < -0.4 is 0 Å². The Morgan fingerprint density at radius 3 is 3.11 bits per heavy atom. The minimum atomic E-state index is 0.0173. The van der Waals surface area contributed by atoms with Crippen LogP contribution in [-0.2, 0) is 9.47 Å². The smallest absolute Gasteiger partial charge is 0.189 e. The molecule has 0 N–H and O–H groups in total. The van der Waals surface area contributed by atoms with E-state index in [0.29, 0.717) is 6.79 Å². The Balaban J connectivity index is 1.65. The van der Waals surface area contributed by atoms with Gasteiger partial charge < -0.3 is 9.47 Å². The first-order chi connectivity index (χ1) is 9.31. The lowest BCUT2D eigenvalue weighted by Gasteiger charge is -2.17. The Labute approximate surface area is 113 Å². The largest absolute Gasteiger partial charge is 0.469 e. The number of fused-ring (bicyclic) bond motifs is 2. The second-order valence-corrected chi connectivity index (χ2v) is 5.37. The van der Waals surface area contributed by atoms with Crippen LogP contribution in [0, 0.1) is 0 Å². The molecule has 0 saturated carbocycles. The van der Waals surface area contributed by atoms with Crippen molar-refractivity contribution >= 4 is 0 Å². The number of rotatable bonds is 2. The third kappa shape index (κ3) is 1.75. The Bertz CT molecular complexity index is 624. The predicted octanol–water partition coefficient (Wildman–Crippen LogP) is 3.72. The molecule has 4 aliphatic rings. The van der Waals surface area contributed by atoms with Gasteiger partial charge in [0.05, 0.1) is 0 Å². The Morgan fingerprint density at radius 1 is 1.32 bits per heavy atom. The maximum atomic E-state index is 5.57. The van der Waals surface area contributed by atoms with Crippen molar-refractivity contribution < 1.29 is 9.47 Å². The summed E-state index contributed by atoms with van der Waals surface area (Å²) in [5, 5.41) is 0. The molecule has 0 aromatic carbocycles. The first-order valence-electron chi connectivity index (χ1n) is 6.76. The van der Waals surface area contributed by atoms with E-state index >= 15 is 0 Å². The number of allylic oxidation sites excluding steroid dienone is 10. The quantitative estimate of drug-likeness (QED) is 0.745. The lowest BCUT2D eigenvalue weighted by Crippen LogP contribution is -2.10. The first-order valence-corrected chi connectivity index (χ1v) is 6.76. The van der Waals surface area contributed by atoms with Gasteiger partial charge in [0.15, 0.2) is 6.79 Å². The second kappa shape index (κ2) is 4.10. The Morgan fingerprint density at radius 2 is 2.26 bits per heavy atom. The van der Waals surface area contributed by atoms with Gasteiger partial charge in [-0.25, -0.2) is 0 Å². The van der Waals surface area contributed by atoms with E-state index in [1.807, 2.05) is 0 Å². The lowest BCUT2D eigenvalue weighted by molar-refractivity contribution is 0.0629. The number of ether oxygens (including phenoxy) is 2. The molecule has 2 nitrogen and oxygen atoms in total. The summed E-state index contributed by atoms with van der Waals surface area (Å²) in [5.74, 6) is 0.950. The van der Waals surface area contributed by atoms with E-state index in [2.05, 4.69) is 43.4 Å². The monoisotopic (exact) mass is 252 g/mol. The zero-order valence-corrected chi connectivity index (χ0v) is 11.0. The van der Waals surface area contributed by atoms with Crippen molar-refractivity contribution in [2.45, 2.75) is 25.9 Å². The maximum absolute atomic E-state index is 5.57. The van der Waals surface area contributed by atoms with Gasteiger partial charge in [-0.05, 0) is 54.2 Å². The van der Waals surface area contributed by atoms with Gasteiger partial charge in [-0.15, -0.1) is 0 Å². The van der Waals surface area contributed by atoms with E-state index in [4.69, 9.17) is 9.47 Å². The van der Waals surface area contributed by atoms with E-state index in [9.17, 15) is 0 Å². The summed E-state index contributed by atoms with van der Waals surface area (Å²) in [6.07, 6.45) is 15.3. The summed E-state index contributed by atoms with van der Waals surface area (Å²) in [7, 11) is 0. The molecule has 1 fully saturated rings. The minimum Gasteiger partial charge on any atom is -0.469 e. The topological polar surface area (TPSA) is 18.5 Å². The highest BCUT2D eigenvalue weighted by Crippen LogP contribution is 2.41. The van der Waals surface area contributed by atoms with Crippen molar-refractivity contribution in [3.63, 3.8) is 0 Å². The van der Waals surface area contributed by atoms with E-state index in [1.54, 1.807) is 0 Å². The van der Waals surface area contributed by atoms with Gasteiger partial charge >= 0.3 is 0 Å². The van der Waals surface area contributed by atoms with Gasteiger partial charge in [-0.3, -0.25) is 0 Å². The normalized spacial score (nSPS) is 27.5. The average Bonchev–Trinajstić information content (AvgIpc) is 3.10. The molecular weight excluding hydrogens is 236 g/mol. The number of hydrogen-bond donors (Lipinski definition) is 0. The fourth-order valence-electron chi connectivity index (χ4n) is 3.08. The van der Waals surface area contributed by atoms with Gasteiger partial charge in [-0.1, -0.05) is 29.9 Å². The summed E-state index contributed by atoms with van der Waals surface area (Å²) in [6, 6.07) is 0. The van der Waals surface area contributed by atoms with Crippen LogP contribution in [0.2, 0.25) is 0 Å². The SMILES string of the molecule is CC1=C(CC2=CC=CC2)C2=CC3OCOC3=CC2=C1. The zero-order chi connectivity index (χ0) is 12.8. The summed E-state index contributed by atoms with van der Waals surface area (Å²) < 4.78 is 11.1. The molecule has 1 atom stereocenters. The van der Waals surface area contributed by atoms with Crippen LogP contribution in [0.5, 0.6) is 0 Å². The van der Waals surface area contributed by atoms with E-state index < -0.39 is 0 Å². The summed E-state index contributed by atoms with van der Waals surface area (Å²) >= 11 is 0. The molecule has 1 aliphatic heterocycles. The van der Waals surface area contributed by atoms with Gasteiger partial charge in [0.25, 0.3) is 0 Å². The van der Waals surface area contributed by atoms with Crippen molar-refractivity contribution in [3.05, 3.63) is 70.1 Å². The fraction of sp³-hybridized carbons (Fsp3) is 0.294. The molecule has 4 rings (SSSR count). The van der Waals surface area contributed by atoms with Crippen LogP contribution in [0.25, 0.3) is 0 Å². The van der Waals surface area contributed by atoms with E-state index in [-0.39, 0.29) is 6.10 Å². The highest BCUT2D eigenvalue weighted by molar-refractivity contribution is 5.66. The van der Waals surface area contributed by atoms with Crippen LogP contribution >= 0.6 is 0 Å². The molecule has 0 aromatic heterocycles. The van der Waals surface area contributed by atoms with Crippen molar-refractivity contribution in [2.24, 2.45) is 0 Å². The molecule has 1 heterocycles. The molecule has 0 bridgehead atoms. The molecule has 2 heteroatoms. The molecule has 0 radical (unpaired) electrons. The summed E-state index contributed by atoms with van der Waals surface area (Å²) in [5.41, 5.74) is 6.91.